The number of carbonyl (C=O) groups excluding carboxylic acids is 2. The van der Waals surface area contributed by atoms with Crippen molar-refractivity contribution in [2.75, 3.05) is 57.4 Å². The fourth-order valence-corrected chi connectivity index (χ4v) is 4.26. The van der Waals surface area contributed by atoms with Gasteiger partial charge in [0.2, 0.25) is 0 Å². The third kappa shape index (κ3) is 3.84. The zero-order valence-electron chi connectivity index (χ0n) is 15.2. The Balaban J connectivity index is 1.43. The van der Waals surface area contributed by atoms with Gasteiger partial charge in [-0.2, -0.15) is 0 Å². The van der Waals surface area contributed by atoms with Crippen LogP contribution in [-0.2, 0) is 4.74 Å². The van der Waals surface area contributed by atoms with E-state index in [1.165, 1.54) is 11.3 Å². The first-order chi connectivity index (χ1) is 13.2. The van der Waals surface area contributed by atoms with E-state index in [-0.39, 0.29) is 11.8 Å². The van der Waals surface area contributed by atoms with Crippen LogP contribution < -0.4 is 4.90 Å². The van der Waals surface area contributed by atoms with Gasteiger partial charge >= 0.3 is 0 Å². The van der Waals surface area contributed by atoms with Crippen LogP contribution in [0.5, 0.6) is 0 Å². The van der Waals surface area contributed by atoms with Gasteiger partial charge in [0.25, 0.3) is 11.8 Å². The summed E-state index contributed by atoms with van der Waals surface area (Å²) in [5, 5.41) is 1.91. The first-order valence-electron chi connectivity index (χ1n) is 9.28. The second kappa shape index (κ2) is 8.10. The van der Waals surface area contributed by atoms with E-state index in [1.807, 2.05) is 51.6 Å². The number of rotatable bonds is 3. The molecule has 0 atom stereocenters. The first-order valence-corrected chi connectivity index (χ1v) is 10.2. The second-order valence-corrected chi connectivity index (χ2v) is 7.63. The zero-order valence-corrected chi connectivity index (χ0v) is 16.0. The second-order valence-electron chi connectivity index (χ2n) is 6.68. The Morgan fingerprint density at radius 2 is 1.48 bits per heavy atom. The van der Waals surface area contributed by atoms with Crippen molar-refractivity contribution in [2.45, 2.75) is 0 Å². The lowest BCUT2D eigenvalue weighted by atomic mass is 10.1. The molecule has 1 aromatic carbocycles. The maximum absolute atomic E-state index is 13.1. The lowest BCUT2D eigenvalue weighted by Gasteiger charge is -2.36. The lowest BCUT2D eigenvalue weighted by Crippen LogP contribution is -2.50. The number of hydrogen-bond donors (Lipinski definition) is 0. The largest absolute Gasteiger partial charge is 0.378 e. The molecule has 2 saturated heterocycles. The van der Waals surface area contributed by atoms with Crippen molar-refractivity contribution < 1.29 is 14.3 Å². The van der Waals surface area contributed by atoms with E-state index in [9.17, 15) is 9.59 Å². The van der Waals surface area contributed by atoms with Crippen molar-refractivity contribution in [1.82, 2.24) is 9.80 Å². The molecule has 0 aliphatic carbocycles. The number of thiophene rings is 1. The molecule has 6 nitrogen and oxygen atoms in total. The zero-order chi connectivity index (χ0) is 18.6. The summed E-state index contributed by atoms with van der Waals surface area (Å²) < 4.78 is 5.43. The van der Waals surface area contributed by atoms with Crippen LogP contribution in [0.25, 0.3) is 0 Å². The van der Waals surface area contributed by atoms with Crippen LogP contribution in [0.4, 0.5) is 5.69 Å². The first kappa shape index (κ1) is 18.0. The smallest absolute Gasteiger partial charge is 0.264 e. The number of para-hydroxylation sites is 1. The minimum absolute atomic E-state index is 0.0420. The average Bonchev–Trinajstić information content (AvgIpc) is 3.28. The summed E-state index contributed by atoms with van der Waals surface area (Å²) in [6.07, 6.45) is 0. The maximum Gasteiger partial charge on any atom is 0.264 e. The molecule has 1 aromatic heterocycles. The normalized spacial score (nSPS) is 17.9. The van der Waals surface area contributed by atoms with Crippen LogP contribution in [0.1, 0.15) is 20.0 Å². The molecule has 0 saturated carbocycles. The van der Waals surface area contributed by atoms with Crippen LogP contribution in [0, 0.1) is 0 Å². The number of benzene rings is 1. The van der Waals surface area contributed by atoms with Crippen LogP contribution in [0.15, 0.2) is 41.8 Å². The molecule has 0 unspecified atom stereocenters. The van der Waals surface area contributed by atoms with E-state index in [4.69, 9.17) is 4.74 Å². The molecular formula is C20H23N3O3S. The summed E-state index contributed by atoms with van der Waals surface area (Å²) in [6, 6.07) is 11.5. The third-order valence-electron chi connectivity index (χ3n) is 5.07. The van der Waals surface area contributed by atoms with Crippen LogP contribution in [0.3, 0.4) is 0 Å². The highest BCUT2D eigenvalue weighted by Gasteiger charge is 2.28. The van der Waals surface area contributed by atoms with E-state index in [0.29, 0.717) is 39.4 Å². The minimum atomic E-state index is 0.0420. The van der Waals surface area contributed by atoms with E-state index >= 15 is 0 Å². The molecule has 4 rings (SSSR count). The number of nitrogens with zero attached hydrogens (tertiary/aromatic N) is 3. The van der Waals surface area contributed by atoms with E-state index in [2.05, 4.69) is 4.90 Å². The van der Waals surface area contributed by atoms with E-state index in [0.717, 1.165) is 29.2 Å². The van der Waals surface area contributed by atoms with Gasteiger partial charge in [0.05, 0.1) is 23.7 Å². The highest BCUT2D eigenvalue weighted by molar-refractivity contribution is 7.12. The molecule has 142 valence electrons. The predicted octanol–water partition coefficient (Wildman–Crippen LogP) is 2.18. The number of carbonyl (C=O) groups is 2. The Morgan fingerprint density at radius 3 is 2.15 bits per heavy atom. The lowest BCUT2D eigenvalue weighted by molar-refractivity contribution is 0.0538. The summed E-state index contributed by atoms with van der Waals surface area (Å²) in [5.74, 6) is 0.103. The van der Waals surface area contributed by atoms with Gasteiger partial charge in [-0.3, -0.25) is 9.59 Å². The molecule has 0 N–H and O–H groups in total. The predicted molar refractivity (Wildman–Crippen MR) is 106 cm³/mol. The summed E-state index contributed by atoms with van der Waals surface area (Å²) in [4.78, 5) is 32.3. The highest BCUT2D eigenvalue weighted by atomic mass is 32.1. The SMILES string of the molecule is O=C(c1cccs1)N1CCN(C(=O)c2ccccc2N2CCOCC2)CC1. The summed E-state index contributed by atoms with van der Waals surface area (Å²) >= 11 is 1.46. The molecule has 2 aliphatic rings. The van der Waals surface area contributed by atoms with Gasteiger partial charge < -0.3 is 19.4 Å². The topological polar surface area (TPSA) is 53.1 Å². The molecule has 2 amide bonds. The minimum Gasteiger partial charge on any atom is -0.378 e. The summed E-state index contributed by atoms with van der Waals surface area (Å²) in [5.41, 5.74) is 1.71. The molecule has 2 aromatic rings. The summed E-state index contributed by atoms with van der Waals surface area (Å²) in [6.45, 7) is 5.24. The molecule has 0 bridgehead atoms. The number of hydrogen-bond acceptors (Lipinski definition) is 5. The Labute approximate surface area is 162 Å². The number of morpholine rings is 1. The fourth-order valence-electron chi connectivity index (χ4n) is 3.57. The summed E-state index contributed by atoms with van der Waals surface area (Å²) in [7, 11) is 0. The molecular weight excluding hydrogens is 362 g/mol. The van der Waals surface area contributed by atoms with Gasteiger partial charge in [-0.1, -0.05) is 18.2 Å². The quantitative estimate of drug-likeness (QED) is 0.813. The van der Waals surface area contributed by atoms with Crippen molar-refractivity contribution in [3.8, 4) is 0 Å². The van der Waals surface area contributed by atoms with Gasteiger partial charge in [0.1, 0.15) is 0 Å². The van der Waals surface area contributed by atoms with Gasteiger partial charge in [0, 0.05) is 45.0 Å². The van der Waals surface area contributed by atoms with Crippen molar-refractivity contribution in [3.05, 3.63) is 52.2 Å². The van der Waals surface area contributed by atoms with Crippen molar-refractivity contribution >= 4 is 28.8 Å². The third-order valence-corrected chi connectivity index (χ3v) is 5.93. The van der Waals surface area contributed by atoms with Crippen molar-refractivity contribution in [2.24, 2.45) is 0 Å². The molecule has 27 heavy (non-hydrogen) atoms. The Bertz CT molecular complexity index is 795. The van der Waals surface area contributed by atoms with Gasteiger partial charge in [-0.25, -0.2) is 0 Å². The Hall–Kier alpha value is -2.38. The van der Waals surface area contributed by atoms with Gasteiger partial charge in [-0.05, 0) is 23.6 Å². The molecule has 2 fully saturated rings. The standard InChI is InChI=1S/C20H23N3O3S/c24-19(16-4-1-2-5-17(16)21-11-13-26-14-12-21)22-7-9-23(10-8-22)20(25)18-6-3-15-27-18/h1-6,15H,7-14H2. The average molecular weight is 385 g/mol. The number of amides is 2. The van der Waals surface area contributed by atoms with Crippen LogP contribution in [0.2, 0.25) is 0 Å². The van der Waals surface area contributed by atoms with E-state index < -0.39 is 0 Å². The van der Waals surface area contributed by atoms with Crippen molar-refractivity contribution in [1.29, 1.82) is 0 Å². The molecule has 3 heterocycles. The number of ether oxygens (including phenoxy) is 1. The van der Waals surface area contributed by atoms with E-state index in [1.54, 1.807) is 0 Å². The van der Waals surface area contributed by atoms with Crippen molar-refractivity contribution in [3.63, 3.8) is 0 Å². The van der Waals surface area contributed by atoms with Crippen LogP contribution >= 0.6 is 11.3 Å². The molecule has 0 spiro atoms. The molecule has 7 heteroatoms. The van der Waals surface area contributed by atoms with Crippen LogP contribution in [-0.4, -0.2) is 74.1 Å². The Kier molecular flexibility index (Phi) is 5.40. The molecule has 0 radical (unpaired) electrons. The monoisotopic (exact) mass is 385 g/mol. The fraction of sp³-hybridized carbons (Fsp3) is 0.400. The molecule has 2 aliphatic heterocycles. The Morgan fingerprint density at radius 1 is 0.815 bits per heavy atom. The number of anilines is 1. The van der Waals surface area contributed by atoms with Gasteiger partial charge in [0.15, 0.2) is 0 Å². The highest BCUT2D eigenvalue weighted by Crippen LogP contribution is 2.24. The maximum atomic E-state index is 13.1. The van der Waals surface area contributed by atoms with Gasteiger partial charge in [-0.15, -0.1) is 11.3 Å². The number of piperazine rings is 1.